The third kappa shape index (κ3) is 8.92. The molecule has 1 aliphatic carbocycles. The Morgan fingerprint density at radius 2 is 1.34 bits per heavy atom. The highest BCUT2D eigenvalue weighted by molar-refractivity contribution is 6.28. The lowest BCUT2D eigenvalue weighted by Gasteiger charge is -2.20. The maximum absolute atomic E-state index is 13.4. The van der Waals surface area contributed by atoms with Gasteiger partial charge in [0.15, 0.2) is 17.3 Å². The summed E-state index contributed by atoms with van der Waals surface area (Å²) in [6.07, 6.45) is 1.57. The van der Waals surface area contributed by atoms with E-state index in [1.165, 1.54) is 32.4 Å². The third-order valence-electron chi connectivity index (χ3n) is 7.52. The number of ketones is 3. The number of esters is 2. The molecule has 236 valence electrons. The van der Waals surface area contributed by atoms with E-state index >= 15 is 0 Å². The minimum absolute atomic E-state index is 0.0170. The van der Waals surface area contributed by atoms with E-state index in [-0.39, 0.29) is 88.6 Å². The monoisotopic (exact) mass is 606 g/mol. The Balaban J connectivity index is 1.67. The summed E-state index contributed by atoms with van der Waals surface area (Å²) in [4.78, 5) is 76.2. The SMILES string of the molecule is COC(=O)[C@H](CCC(=O)Nc1ccc2c(c1)C(=O)c1ccc(CC(=O)CN[C@H](CC(C)C)C(=O)OC)cc1C2=O)CC(C)C. The molecule has 0 saturated carbocycles. The van der Waals surface area contributed by atoms with E-state index in [4.69, 9.17) is 9.47 Å². The molecule has 3 rings (SSSR count). The van der Waals surface area contributed by atoms with Crippen LogP contribution in [0.25, 0.3) is 0 Å². The lowest BCUT2D eigenvalue weighted by molar-refractivity contribution is -0.146. The molecule has 0 fully saturated rings. The number of fused-ring (bicyclic) bond motifs is 2. The third-order valence-corrected chi connectivity index (χ3v) is 7.52. The van der Waals surface area contributed by atoms with Crippen molar-refractivity contribution in [2.45, 2.75) is 65.8 Å². The van der Waals surface area contributed by atoms with Crippen LogP contribution in [0.15, 0.2) is 36.4 Å². The Morgan fingerprint density at radius 1 is 0.750 bits per heavy atom. The van der Waals surface area contributed by atoms with Crippen LogP contribution in [0, 0.1) is 17.8 Å². The second kappa shape index (κ2) is 15.5. The molecule has 0 radical (unpaired) electrons. The van der Waals surface area contributed by atoms with Gasteiger partial charge in [-0.25, -0.2) is 0 Å². The first kappa shape index (κ1) is 34.3. The molecule has 0 aromatic heterocycles. The fourth-order valence-corrected chi connectivity index (χ4v) is 5.39. The van der Waals surface area contributed by atoms with Gasteiger partial charge in [0.25, 0.3) is 0 Å². The summed E-state index contributed by atoms with van der Waals surface area (Å²) in [5.74, 6) is -1.88. The summed E-state index contributed by atoms with van der Waals surface area (Å²) in [7, 11) is 2.63. The zero-order chi connectivity index (χ0) is 32.6. The quantitative estimate of drug-likeness (QED) is 0.242. The minimum atomic E-state index is -0.598. The maximum atomic E-state index is 13.4. The van der Waals surface area contributed by atoms with Gasteiger partial charge in [0, 0.05) is 40.8 Å². The number of anilines is 1. The molecule has 2 aromatic carbocycles. The molecule has 0 spiro atoms. The highest BCUT2D eigenvalue weighted by Crippen LogP contribution is 2.30. The molecule has 1 aliphatic rings. The van der Waals surface area contributed by atoms with Crippen LogP contribution in [0.5, 0.6) is 0 Å². The first-order valence-corrected chi connectivity index (χ1v) is 14.9. The summed E-state index contributed by atoms with van der Waals surface area (Å²) >= 11 is 0. The number of ether oxygens (including phenoxy) is 2. The van der Waals surface area contributed by atoms with E-state index in [2.05, 4.69) is 10.6 Å². The zero-order valence-corrected chi connectivity index (χ0v) is 26.3. The van der Waals surface area contributed by atoms with E-state index in [0.717, 1.165) is 0 Å². The van der Waals surface area contributed by atoms with Gasteiger partial charge >= 0.3 is 11.9 Å². The number of nitrogens with one attached hydrogen (secondary N) is 2. The Morgan fingerprint density at radius 3 is 1.93 bits per heavy atom. The fourth-order valence-electron chi connectivity index (χ4n) is 5.39. The molecule has 0 aliphatic heterocycles. The molecule has 2 aromatic rings. The van der Waals surface area contributed by atoms with Crippen LogP contribution in [0.2, 0.25) is 0 Å². The van der Waals surface area contributed by atoms with Gasteiger partial charge in [0.2, 0.25) is 5.91 Å². The smallest absolute Gasteiger partial charge is 0.322 e. The minimum Gasteiger partial charge on any atom is -0.469 e. The van der Waals surface area contributed by atoms with Crippen LogP contribution in [0.1, 0.15) is 90.8 Å². The molecule has 1 amide bonds. The van der Waals surface area contributed by atoms with Gasteiger partial charge in [0.1, 0.15) is 6.04 Å². The van der Waals surface area contributed by atoms with E-state index < -0.39 is 12.0 Å². The predicted molar refractivity (Wildman–Crippen MR) is 165 cm³/mol. The first-order chi connectivity index (χ1) is 20.8. The Hall–Kier alpha value is -4.18. The zero-order valence-electron chi connectivity index (χ0n) is 26.3. The van der Waals surface area contributed by atoms with Crippen LogP contribution in [0.4, 0.5) is 5.69 Å². The summed E-state index contributed by atoms with van der Waals surface area (Å²) < 4.78 is 9.70. The Kier molecular flexibility index (Phi) is 12.1. The van der Waals surface area contributed by atoms with E-state index in [9.17, 15) is 28.8 Å². The summed E-state index contributed by atoms with van der Waals surface area (Å²) in [6.45, 7) is 7.89. The van der Waals surface area contributed by atoms with Gasteiger partial charge in [0.05, 0.1) is 26.7 Å². The molecule has 10 heteroatoms. The number of benzene rings is 2. The van der Waals surface area contributed by atoms with Gasteiger partial charge in [-0.3, -0.25) is 34.1 Å². The summed E-state index contributed by atoms with van der Waals surface area (Å²) in [5, 5.41) is 5.73. The number of amides is 1. The topological polar surface area (TPSA) is 145 Å². The summed E-state index contributed by atoms with van der Waals surface area (Å²) in [5.41, 5.74) is 1.77. The second-order valence-corrected chi connectivity index (χ2v) is 12.0. The fraction of sp³-hybridized carbons (Fsp3) is 0.471. The lowest BCUT2D eigenvalue weighted by Crippen LogP contribution is -2.41. The van der Waals surface area contributed by atoms with E-state index in [1.807, 2.05) is 27.7 Å². The number of hydrogen-bond acceptors (Lipinski definition) is 9. The van der Waals surface area contributed by atoms with Crippen LogP contribution in [-0.4, -0.2) is 62.0 Å². The lowest BCUT2D eigenvalue weighted by atomic mass is 9.82. The van der Waals surface area contributed by atoms with E-state index in [1.54, 1.807) is 18.2 Å². The van der Waals surface area contributed by atoms with Crippen molar-refractivity contribution in [3.63, 3.8) is 0 Å². The van der Waals surface area contributed by atoms with Crippen LogP contribution in [0.3, 0.4) is 0 Å². The number of carbonyl (C=O) groups is 6. The molecule has 2 N–H and O–H groups in total. The van der Waals surface area contributed by atoms with Crippen molar-refractivity contribution in [3.8, 4) is 0 Å². The number of rotatable bonds is 15. The molecular weight excluding hydrogens is 564 g/mol. The number of Topliss-reactive ketones (excluding diaryl/α,β-unsaturated/α-hetero) is 1. The van der Waals surface area contributed by atoms with Crippen molar-refractivity contribution in [1.29, 1.82) is 0 Å². The average Bonchev–Trinajstić information content (AvgIpc) is 2.98. The van der Waals surface area contributed by atoms with Gasteiger partial charge in [-0.05, 0) is 60.9 Å². The predicted octanol–water partition coefficient (Wildman–Crippen LogP) is 4.30. The standard InChI is InChI=1S/C34H42N2O8/c1-19(2)13-22(33(41)43-5)8-12-30(38)36-23-9-11-26-28(17-23)32(40)25-10-7-21(16-27(25)31(26)39)15-24(37)18-35-29(14-20(3)4)34(42)44-6/h7,9-11,16-17,19-20,22,29,35H,8,12-15,18H2,1-6H3,(H,36,38)/t22-,29-/m1/s1. The molecule has 44 heavy (non-hydrogen) atoms. The average molecular weight is 607 g/mol. The maximum Gasteiger partial charge on any atom is 0.322 e. The Bertz CT molecular complexity index is 1320. The molecule has 0 heterocycles. The van der Waals surface area contributed by atoms with Gasteiger partial charge in [-0.1, -0.05) is 39.8 Å². The van der Waals surface area contributed by atoms with Gasteiger partial charge in [-0.15, -0.1) is 0 Å². The van der Waals surface area contributed by atoms with Crippen LogP contribution in [-0.2, 0) is 35.1 Å². The highest BCUT2D eigenvalue weighted by atomic mass is 16.5. The highest BCUT2D eigenvalue weighted by Gasteiger charge is 2.31. The second-order valence-electron chi connectivity index (χ2n) is 12.0. The van der Waals surface area contributed by atoms with Crippen molar-refractivity contribution in [3.05, 3.63) is 64.2 Å². The van der Waals surface area contributed by atoms with Crippen molar-refractivity contribution < 1.29 is 38.2 Å². The van der Waals surface area contributed by atoms with Crippen molar-refractivity contribution in [1.82, 2.24) is 5.32 Å². The number of carbonyl (C=O) groups excluding carboxylic acids is 6. The van der Waals surface area contributed by atoms with Gasteiger partial charge < -0.3 is 14.8 Å². The van der Waals surface area contributed by atoms with Crippen LogP contribution < -0.4 is 10.6 Å². The molecule has 0 bridgehead atoms. The molecule has 0 saturated heterocycles. The largest absolute Gasteiger partial charge is 0.469 e. The molecule has 0 unspecified atom stereocenters. The van der Waals surface area contributed by atoms with E-state index in [0.29, 0.717) is 30.5 Å². The van der Waals surface area contributed by atoms with Crippen LogP contribution >= 0.6 is 0 Å². The van der Waals surface area contributed by atoms with Crippen molar-refractivity contribution >= 4 is 40.9 Å². The Labute approximate surface area is 258 Å². The van der Waals surface area contributed by atoms with Crippen molar-refractivity contribution in [2.75, 3.05) is 26.1 Å². The molecule has 10 nitrogen and oxygen atoms in total. The van der Waals surface area contributed by atoms with Gasteiger partial charge in [-0.2, -0.15) is 0 Å². The molecule has 2 atom stereocenters. The first-order valence-electron chi connectivity index (χ1n) is 14.9. The summed E-state index contributed by atoms with van der Waals surface area (Å²) in [6, 6.07) is 8.70. The number of hydrogen-bond donors (Lipinski definition) is 2. The normalized spacial score (nSPS) is 13.6. The van der Waals surface area contributed by atoms with Crippen molar-refractivity contribution in [2.24, 2.45) is 17.8 Å². The molecular formula is C34H42N2O8. The number of methoxy groups -OCH3 is 2.